The van der Waals surface area contributed by atoms with Crippen LogP contribution in [0.4, 0.5) is 0 Å². The van der Waals surface area contributed by atoms with Gasteiger partial charge in [-0.2, -0.15) is 4.98 Å². The zero-order chi connectivity index (χ0) is 30.6. The molecule has 39 heavy (non-hydrogen) atoms. The molecule has 0 amide bonds. The van der Waals surface area contributed by atoms with Gasteiger partial charge in [-0.05, 0) is 37.1 Å². The quantitative estimate of drug-likeness (QED) is 0.167. The van der Waals surface area contributed by atoms with E-state index >= 15 is 0 Å². The summed E-state index contributed by atoms with van der Waals surface area (Å²) in [4.78, 5) is 61.0. The molecule has 8 N–H and O–H groups in total. The Bertz CT molecular complexity index is 1330. The van der Waals surface area contributed by atoms with Crippen molar-refractivity contribution in [3.05, 3.63) is 44.1 Å². The molecule has 0 aliphatic carbocycles. The number of H-pyrrole nitrogens is 1. The summed E-state index contributed by atoms with van der Waals surface area (Å²) in [5.74, 6) is -2.55. The van der Waals surface area contributed by atoms with Crippen LogP contribution < -0.4 is 11.2 Å². The van der Waals surface area contributed by atoms with Gasteiger partial charge in [0.25, 0.3) is 23.5 Å². The zero-order valence-electron chi connectivity index (χ0n) is 21.8. The third-order valence-electron chi connectivity index (χ3n) is 4.57. The summed E-state index contributed by atoms with van der Waals surface area (Å²) in [6.07, 6.45) is -4.68. The second-order valence-electron chi connectivity index (χ2n) is 8.06. The fourth-order valence-electron chi connectivity index (χ4n) is 2.89. The van der Waals surface area contributed by atoms with Crippen LogP contribution in [0.1, 0.15) is 31.9 Å². The highest BCUT2D eigenvalue weighted by molar-refractivity contribution is 5.81. The van der Waals surface area contributed by atoms with Gasteiger partial charge in [0.1, 0.15) is 18.3 Å². The van der Waals surface area contributed by atoms with Crippen molar-refractivity contribution in [2.75, 3.05) is 6.61 Å². The van der Waals surface area contributed by atoms with Crippen molar-refractivity contribution in [1.82, 2.24) is 19.5 Å². The molecule has 216 valence electrons. The van der Waals surface area contributed by atoms with Crippen molar-refractivity contribution in [3.63, 3.8) is 0 Å². The lowest BCUT2D eigenvalue weighted by atomic mass is 10.1. The number of aromatic nitrogens is 4. The van der Waals surface area contributed by atoms with Gasteiger partial charge >= 0.3 is 5.69 Å². The van der Waals surface area contributed by atoms with E-state index in [9.17, 15) is 24.9 Å². The van der Waals surface area contributed by atoms with Crippen molar-refractivity contribution >= 4 is 28.9 Å². The van der Waals surface area contributed by atoms with Crippen LogP contribution in [-0.4, -0.2) is 98.1 Å². The van der Waals surface area contributed by atoms with Gasteiger partial charge in [0.2, 0.25) is 0 Å². The van der Waals surface area contributed by atoms with Crippen molar-refractivity contribution in [2.24, 2.45) is 0 Å². The Morgan fingerprint density at radius 2 is 1.33 bits per heavy atom. The molecule has 3 rings (SSSR count). The summed E-state index contributed by atoms with van der Waals surface area (Å²) >= 11 is 0. The van der Waals surface area contributed by atoms with Crippen molar-refractivity contribution < 1.29 is 50.1 Å². The second kappa shape index (κ2) is 15.9. The van der Waals surface area contributed by atoms with Crippen LogP contribution in [0.25, 0.3) is 22.6 Å². The van der Waals surface area contributed by atoms with E-state index in [1.54, 1.807) is 12.1 Å². The molecule has 0 spiro atoms. The standard InChI is InChI=1S/C17H20N4O6.3C2H4O2/c1-7-3-9-10(4-8(7)2)21(5-11(23)14(25)12(24)6-22)15-13(18-9)16(26)20-17(27)19-15;3*1-2(3)4/h3-4,11-12,14,22-25H,5-6H2,1-2H3,(H,20,26,27);3*1H3,(H,3,4)/t11-,12+,14-;;;/m0.../s1. The molecule has 2 aliphatic heterocycles. The van der Waals surface area contributed by atoms with E-state index in [1.807, 2.05) is 13.8 Å². The molecule has 1 aromatic rings. The minimum absolute atomic E-state index is 0.0516. The van der Waals surface area contributed by atoms with Gasteiger partial charge in [-0.3, -0.25) is 24.2 Å². The lowest BCUT2D eigenvalue weighted by Gasteiger charge is -2.25. The molecule has 0 saturated carbocycles. The normalized spacial score (nSPS) is 12.4. The lowest BCUT2D eigenvalue weighted by molar-refractivity contribution is -0.135. The molecule has 1 aromatic carbocycles. The van der Waals surface area contributed by atoms with E-state index in [1.165, 1.54) is 4.57 Å². The first-order valence-electron chi connectivity index (χ1n) is 11.1. The molecular formula is C23H32N4O12. The Balaban J connectivity index is 0.00000102. The molecule has 0 aromatic heterocycles. The van der Waals surface area contributed by atoms with Crippen LogP contribution >= 0.6 is 0 Å². The Labute approximate surface area is 220 Å². The summed E-state index contributed by atoms with van der Waals surface area (Å²) in [7, 11) is 0. The monoisotopic (exact) mass is 556 g/mol. The summed E-state index contributed by atoms with van der Waals surface area (Å²) in [6, 6.07) is 3.53. The highest BCUT2D eigenvalue weighted by Crippen LogP contribution is 2.24. The Hall–Kier alpha value is -4.25. The number of aromatic amines is 1. The number of carboxylic acids is 3. The number of fused-ring (bicyclic) bond motifs is 2. The van der Waals surface area contributed by atoms with Crippen LogP contribution in [0.3, 0.4) is 0 Å². The fraction of sp³-hybridized carbons (Fsp3) is 0.435. The summed E-state index contributed by atoms with van der Waals surface area (Å²) in [5.41, 5.74) is 1.11. The maximum Gasteiger partial charge on any atom is 0.349 e. The number of aliphatic carboxylic acids is 3. The summed E-state index contributed by atoms with van der Waals surface area (Å²) < 4.78 is 1.40. The molecule has 0 saturated heterocycles. The van der Waals surface area contributed by atoms with E-state index in [0.29, 0.717) is 11.0 Å². The molecule has 2 aliphatic rings. The number of aryl methyl sites for hydroxylation is 2. The predicted molar refractivity (Wildman–Crippen MR) is 136 cm³/mol. The zero-order valence-corrected chi connectivity index (χ0v) is 21.8. The Morgan fingerprint density at radius 1 is 0.872 bits per heavy atom. The molecule has 2 heterocycles. The first-order valence-corrected chi connectivity index (χ1v) is 11.1. The Morgan fingerprint density at radius 3 is 1.79 bits per heavy atom. The van der Waals surface area contributed by atoms with Crippen molar-refractivity contribution in [1.29, 1.82) is 0 Å². The topological polar surface area (TPSA) is 273 Å². The third-order valence-corrected chi connectivity index (χ3v) is 4.57. The molecule has 16 heteroatoms. The Kier molecular flexibility index (Phi) is 14.1. The molecule has 0 bridgehead atoms. The van der Waals surface area contributed by atoms with Crippen LogP contribution in [0.2, 0.25) is 0 Å². The molecule has 0 unspecified atom stereocenters. The van der Waals surface area contributed by atoms with Gasteiger partial charge in [0, 0.05) is 20.8 Å². The number of carboxylic acid groups (broad SMARTS) is 3. The number of rotatable bonds is 5. The average Bonchev–Trinajstić information content (AvgIpc) is 2.78. The lowest BCUT2D eigenvalue weighted by Crippen LogP contribution is -2.42. The first kappa shape index (κ1) is 34.8. The van der Waals surface area contributed by atoms with E-state index in [-0.39, 0.29) is 18.1 Å². The minimum Gasteiger partial charge on any atom is -0.481 e. The van der Waals surface area contributed by atoms with E-state index in [2.05, 4.69) is 15.0 Å². The van der Waals surface area contributed by atoms with E-state index in [4.69, 9.17) is 34.8 Å². The highest BCUT2D eigenvalue weighted by Gasteiger charge is 2.27. The number of nitrogens with one attached hydrogen (secondary N) is 1. The van der Waals surface area contributed by atoms with Crippen molar-refractivity contribution in [3.8, 4) is 11.5 Å². The molecular weight excluding hydrogens is 524 g/mol. The van der Waals surface area contributed by atoms with Gasteiger partial charge < -0.3 is 40.3 Å². The molecule has 0 radical (unpaired) electrons. The van der Waals surface area contributed by atoms with Gasteiger partial charge in [0.15, 0.2) is 11.5 Å². The van der Waals surface area contributed by atoms with Crippen LogP contribution in [0.5, 0.6) is 0 Å². The number of benzene rings is 1. The van der Waals surface area contributed by atoms with Crippen LogP contribution in [-0.2, 0) is 20.9 Å². The molecule has 3 atom stereocenters. The van der Waals surface area contributed by atoms with Gasteiger partial charge in [-0.1, -0.05) is 0 Å². The number of carbonyl (C=O) groups is 3. The maximum atomic E-state index is 12.2. The third kappa shape index (κ3) is 11.8. The smallest absolute Gasteiger partial charge is 0.349 e. The average molecular weight is 557 g/mol. The fourth-order valence-corrected chi connectivity index (χ4v) is 2.89. The maximum absolute atomic E-state index is 12.2. The summed E-state index contributed by atoms with van der Waals surface area (Å²) in [5, 5.41) is 61.0. The number of hydrogen-bond donors (Lipinski definition) is 8. The number of aliphatic hydroxyl groups is 4. The highest BCUT2D eigenvalue weighted by atomic mass is 16.4. The SMILES string of the molecule is CC(=O)O.CC(=O)O.CC(=O)O.Cc1cc2nc3c(=O)[nH]c(=O)nc-3n(C[C@H](O)[C@H](O)[C@H](O)CO)c2cc1C. The van der Waals surface area contributed by atoms with Crippen molar-refractivity contribution in [2.45, 2.75) is 59.5 Å². The van der Waals surface area contributed by atoms with Crippen LogP contribution in [0.15, 0.2) is 21.7 Å². The first-order chi connectivity index (χ1) is 17.9. The second-order valence-corrected chi connectivity index (χ2v) is 8.06. The van der Waals surface area contributed by atoms with Gasteiger partial charge in [0.05, 0.1) is 24.2 Å². The number of hydrogen-bond acceptors (Lipinski definition) is 11. The minimum atomic E-state index is -1.64. The van der Waals surface area contributed by atoms with Gasteiger partial charge in [-0.15, -0.1) is 0 Å². The predicted octanol–water partition coefficient (Wildman–Crippen LogP) is -1.45. The largest absolute Gasteiger partial charge is 0.481 e. The van der Waals surface area contributed by atoms with E-state index in [0.717, 1.165) is 31.9 Å². The molecule has 0 fully saturated rings. The van der Waals surface area contributed by atoms with Crippen LogP contribution in [0, 0.1) is 13.8 Å². The number of aliphatic hydroxyl groups excluding tert-OH is 4. The molecule has 16 nitrogen and oxygen atoms in total. The summed E-state index contributed by atoms with van der Waals surface area (Å²) in [6.45, 7) is 5.98. The van der Waals surface area contributed by atoms with Gasteiger partial charge in [-0.25, -0.2) is 9.78 Å². The van der Waals surface area contributed by atoms with E-state index < -0.39 is 54.1 Å². The number of nitrogens with zero attached hydrogens (tertiary/aromatic N) is 3.